The molecule has 0 heterocycles. The fraction of sp³-hybridized carbons (Fsp3) is 0.900. The van der Waals surface area contributed by atoms with E-state index in [1.165, 1.54) is 12.8 Å². The average molecular weight is 200 g/mol. The molecule has 0 unspecified atom stereocenters. The van der Waals surface area contributed by atoms with Crippen LogP contribution in [0.15, 0.2) is 0 Å². The molecule has 0 aromatic heterocycles. The minimum absolute atomic E-state index is 0.148. The van der Waals surface area contributed by atoms with Crippen LogP contribution in [-0.4, -0.2) is 31.7 Å². The number of ether oxygens (including phenoxy) is 1. The van der Waals surface area contributed by atoms with Crippen LogP contribution < -0.4 is 11.1 Å². The average Bonchev–Trinajstić information content (AvgIpc) is 2.66. The first-order valence-corrected chi connectivity index (χ1v) is 5.35. The molecule has 1 aliphatic rings. The van der Waals surface area contributed by atoms with Gasteiger partial charge in [0, 0.05) is 0 Å². The van der Waals surface area contributed by atoms with Crippen LogP contribution in [0.1, 0.15) is 32.1 Å². The summed E-state index contributed by atoms with van der Waals surface area (Å²) in [6.45, 7) is 0.505. The van der Waals surface area contributed by atoms with Crippen molar-refractivity contribution < 1.29 is 9.53 Å². The predicted molar refractivity (Wildman–Crippen MR) is 54.9 cm³/mol. The molecule has 1 aliphatic carbocycles. The highest BCUT2D eigenvalue weighted by Crippen LogP contribution is 2.21. The highest BCUT2D eigenvalue weighted by molar-refractivity contribution is 5.75. The van der Waals surface area contributed by atoms with Gasteiger partial charge in [0.25, 0.3) is 0 Å². The molecule has 3 N–H and O–H groups in total. The molecule has 1 saturated carbocycles. The van der Waals surface area contributed by atoms with Gasteiger partial charge in [0.05, 0.1) is 0 Å². The number of hydrogen-bond donors (Lipinski definition) is 2. The number of nitrogens with one attached hydrogen (secondary N) is 1. The highest BCUT2D eigenvalue weighted by atomic mass is 16.5. The van der Waals surface area contributed by atoms with Crippen LogP contribution in [0.4, 0.5) is 0 Å². The van der Waals surface area contributed by atoms with Gasteiger partial charge in [-0.1, -0.05) is 0 Å². The Morgan fingerprint density at radius 1 is 1.57 bits per heavy atom. The zero-order valence-corrected chi connectivity index (χ0v) is 8.79. The van der Waals surface area contributed by atoms with E-state index in [-0.39, 0.29) is 18.1 Å². The van der Waals surface area contributed by atoms with Crippen molar-refractivity contribution >= 4 is 5.97 Å². The smallest absolute Gasteiger partial charge is 0.323 e. The third kappa shape index (κ3) is 3.27. The number of carbonyl (C=O) groups is 1. The predicted octanol–water partition coefficient (Wildman–Crippen LogP) is 0.409. The first kappa shape index (κ1) is 11.5. The molecule has 1 fully saturated rings. The van der Waals surface area contributed by atoms with E-state index in [0.717, 1.165) is 12.8 Å². The zero-order chi connectivity index (χ0) is 10.4. The van der Waals surface area contributed by atoms with E-state index in [1.54, 1.807) is 7.05 Å². The van der Waals surface area contributed by atoms with Crippen molar-refractivity contribution in [1.29, 1.82) is 0 Å². The van der Waals surface area contributed by atoms with Crippen LogP contribution in [0.2, 0.25) is 0 Å². The van der Waals surface area contributed by atoms with Crippen molar-refractivity contribution in [3.8, 4) is 0 Å². The van der Waals surface area contributed by atoms with Crippen molar-refractivity contribution in [3.05, 3.63) is 0 Å². The van der Waals surface area contributed by atoms with Gasteiger partial charge in [-0.25, -0.2) is 0 Å². The van der Waals surface area contributed by atoms with E-state index in [4.69, 9.17) is 10.5 Å². The molecule has 0 aromatic carbocycles. The quantitative estimate of drug-likeness (QED) is 0.631. The Hall–Kier alpha value is -0.610. The van der Waals surface area contributed by atoms with Gasteiger partial charge in [-0.15, -0.1) is 0 Å². The minimum atomic E-state index is -0.236. The zero-order valence-electron chi connectivity index (χ0n) is 8.79. The molecule has 4 nitrogen and oxygen atoms in total. The van der Waals surface area contributed by atoms with Crippen molar-refractivity contribution in [2.45, 2.75) is 44.2 Å². The van der Waals surface area contributed by atoms with E-state index in [0.29, 0.717) is 13.0 Å². The molecule has 0 radical (unpaired) electrons. The number of nitrogens with two attached hydrogens (primary N) is 1. The Bertz CT molecular complexity index is 179. The molecule has 0 aromatic rings. The molecular formula is C10H20N2O2. The number of likely N-dealkylation sites (N-methyl/N-ethyl adjacent to an activating group) is 1. The Morgan fingerprint density at radius 3 is 2.71 bits per heavy atom. The second-order valence-corrected chi connectivity index (χ2v) is 3.76. The monoisotopic (exact) mass is 200 g/mol. The van der Waals surface area contributed by atoms with Gasteiger partial charge in [-0.2, -0.15) is 0 Å². The molecule has 0 spiro atoms. The van der Waals surface area contributed by atoms with E-state index < -0.39 is 0 Å². The molecule has 0 saturated heterocycles. The number of rotatable bonds is 5. The van der Waals surface area contributed by atoms with E-state index in [1.807, 2.05) is 0 Å². The number of esters is 1. The van der Waals surface area contributed by atoms with Gasteiger partial charge in [0.2, 0.25) is 0 Å². The van der Waals surface area contributed by atoms with Crippen LogP contribution in [0, 0.1) is 0 Å². The maximum atomic E-state index is 11.6. The van der Waals surface area contributed by atoms with E-state index in [2.05, 4.69) is 5.32 Å². The van der Waals surface area contributed by atoms with Crippen LogP contribution in [0.5, 0.6) is 0 Å². The summed E-state index contributed by atoms with van der Waals surface area (Å²) >= 11 is 0. The van der Waals surface area contributed by atoms with Crippen LogP contribution in [0.25, 0.3) is 0 Å². The van der Waals surface area contributed by atoms with Gasteiger partial charge in [0.1, 0.15) is 12.1 Å². The lowest BCUT2D eigenvalue weighted by Gasteiger charge is -2.17. The standard InChI is InChI=1S/C10H20N2O2/c1-12-9(6-7-11)10(13)14-8-4-2-3-5-8/h8-9,12H,2-7,11H2,1H3/t9-/m0/s1. The Kier molecular flexibility index (Phi) is 4.90. The SMILES string of the molecule is CN[C@@H](CCN)C(=O)OC1CCCC1. The molecule has 0 aliphatic heterocycles. The van der Waals surface area contributed by atoms with Crippen molar-refractivity contribution in [2.75, 3.05) is 13.6 Å². The molecule has 1 atom stereocenters. The second-order valence-electron chi connectivity index (χ2n) is 3.76. The van der Waals surface area contributed by atoms with Crippen molar-refractivity contribution in [1.82, 2.24) is 5.32 Å². The third-order valence-electron chi connectivity index (χ3n) is 2.67. The normalized spacial score (nSPS) is 19.6. The fourth-order valence-corrected chi connectivity index (χ4v) is 1.80. The Balaban J connectivity index is 2.30. The first-order valence-electron chi connectivity index (χ1n) is 5.35. The summed E-state index contributed by atoms with van der Waals surface area (Å²) in [6.07, 6.45) is 5.19. The summed E-state index contributed by atoms with van der Waals surface area (Å²) < 4.78 is 5.36. The highest BCUT2D eigenvalue weighted by Gasteiger charge is 2.23. The molecule has 0 bridgehead atoms. The first-order chi connectivity index (χ1) is 6.77. The van der Waals surface area contributed by atoms with Gasteiger partial charge >= 0.3 is 5.97 Å². The molecule has 0 amide bonds. The maximum absolute atomic E-state index is 11.6. The Morgan fingerprint density at radius 2 is 2.21 bits per heavy atom. The maximum Gasteiger partial charge on any atom is 0.323 e. The fourth-order valence-electron chi connectivity index (χ4n) is 1.80. The third-order valence-corrected chi connectivity index (χ3v) is 2.67. The topological polar surface area (TPSA) is 64.3 Å². The van der Waals surface area contributed by atoms with E-state index >= 15 is 0 Å². The molecule has 1 rings (SSSR count). The molecule has 4 heteroatoms. The van der Waals surface area contributed by atoms with Crippen LogP contribution in [-0.2, 0) is 9.53 Å². The summed E-state index contributed by atoms with van der Waals surface area (Å²) in [4.78, 5) is 11.6. The van der Waals surface area contributed by atoms with Gasteiger partial charge in [-0.3, -0.25) is 4.79 Å². The summed E-state index contributed by atoms with van der Waals surface area (Å²) in [5, 5.41) is 2.92. The van der Waals surface area contributed by atoms with Crippen LogP contribution >= 0.6 is 0 Å². The minimum Gasteiger partial charge on any atom is -0.461 e. The van der Waals surface area contributed by atoms with Gasteiger partial charge in [0.15, 0.2) is 0 Å². The summed E-state index contributed by atoms with van der Waals surface area (Å²) in [5.74, 6) is -0.148. The molecular weight excluding hydrogens is 180 g/mol. The second kappa shape index (κ2) is 5.98. The Labute approximate surface area is 85.2 Å². The molecule has 14 heavy (non-hydrogen) atoms. The molecule has 82 valence electrons. The number of carbonyl (C=O) groups excluding carboxylic acids is 1. The van der Waals surface area contributed by atoms with Gasteiger partial charge < -0.3 is 15.8 Å². The van der Waals surface area contributed by atoms with Crippen LogP contribution in [0.3, 0.4) is 0 Å². The van der Waals surface area contributed by atoms with Crippen molar-refractivity contribution in [2.24, 2.45) is 5.73 Å². The summed E-state index contributed by atoms with van der Waals surface area (Å²) in [5.41, 5.74) is 5.40. The summed E-state index contributed by atoms with van der Waals surface area (Å²) in [7, 11) is 1.76. The van der Waals surface area contributed by atoms with E-state index in [9.17, 15) is 4.79 Å². The van der Waals surface area contributed by atoms with Crippen molar-refractivity contribution in [3.63, 3.8) is 0 Å². The van der Waals surface area contributed by atoms with Gasteiger partial charge in [-0.05, 0) is 45.7 Å². The lowest BCUT2D eigenvalue weighted by molar-refractivity contribution is -0.151. The number of hydrogen-bond acceptors (Lipinski definition) is 4. The lowest BCUT2D eigenvalue weighted by atomic mass is 10.2. The summed E-state index contributed by atoms with van der Waals surface area (Å²) in [6, 6.07) is -0.236. The largest absolute Gasteiger partial charge is 0.461 e. The lowest BCUT2D eigenvalue weighted by Crippen LogP contribution is -2.38.